The minimum Gasteiger partial charge on any atom is -0.352 e. The number of nitrogens with one attached hydrogen (secondary N) is 1. The number of nitrogens with zero attached hydrogens (tertiary/aromatic N) is 3. The van der Waals surface area contributed by atoms with Gasteiger partial charge in [0, 0.05) is 23.9 Å². The summed E-state index contributed by atoms with van der Waals surface area (Å²) in [7, 11) is 0. The van der Waals surface area contributed by atoms with Crippen molar-refractivity contribution in [2.45, 2.75) is 68.4 Å². The summed E-state index contributed by atoms with van der Waals surface area (Å²) < 4.78 is 2.19. The zero-order valence-corrected chi connectivity index (χ0v) is 18.9. The highest BCUT2D eigenvalue weighted by Crippen LogP contribution is 2.26. The van der Waals surface area contributed by atoms with Crippen molar-refractivity contribution >= 4 is 29.0 Å². The van der Waals surface area contributed by atoms with Crippen LogP contribution in [0.25, 0.3) is 0 Å². The molecule has 1 fully saturated rings. The Morgan fingerprint density at radius 2 is 2.00 bits per heavy atom. The first-order chi connectivity index (χ1) is 14.7. The van der Waals surface area contributed by atoms with Crippen LogP contribution in [0.5, 0.6) is 0 Å². The molecule has 1 atom stereocenters. The lowest BCUT2D eigenvalue weighted by Gasteiger charge is -2.17. The Hall–Kier alpha value is -2.12. The molecule has 0 aliphatic heterocycles. The van der Waals surface area contributed by atoms with Crippen LogP contribution in [0.15, 0.2) is 53.0 Å². The predicted octanol–water partition coefficient (Wildman–Crippen LogP) is 4.71. The molecule has 2 aromatic heterocycles. The van der Waals surface area contributed by atoms with Gasteiger partial charge in [-0.15, -0.1) is 21.5 Å². The van der Waals surface area contributed by atoms with Gasteiger partial charge in [-0.1, -0.05) is 61.0 Å². The quantitative estimate of drug-likeness (QED) is 0.490. The molecule has 5 nitrogen and oxygen atoms in total. The molecule has 4 rings (SSSR count). The number of rotatable bonds is 9. The maximum Gasteiger partial charge on any atom is 0.233 e. The first kappa shape index (κ1) is 21.1. The molecule has 1 N–H and O–H groups in total. The van der Waals surface area contributed by atoms with E-state index in [4.69, 9.17) is 0 Å². The van der Waals surface area contributed by atoms with E-state index in [0.29, 0.717) is 6.04 Å². The predicted molar refractivity (Wildman–Crippen MR) is 123 cm³/mol. The monoisotopic (exact) mass is 440 g/mol. The van der Waals surface area contributed by atoms with Gasteiger partial charge in [-0.3, -0.25) is 4.79 Å². The van der Waals surface area contributed by atoms with Gasteiger partial charge >= 0.3 is 0 Å². The second kappa shape index (κ2) is 10.3. The third kappa shape index (κ3) is 5.52. The first-order valence-electron chi connectivity index (χ1n) is 10.6. The number of thiophene rings is 1. The zero-order chi connectivity index (χ0) is 20.8. The van der Waals surface area contributed by atoms with E-state index in [1.165, 1.54) is 35.0 Å². The lowest BCUT2D eigenvalue weighted by atomic mass is 10.1. The Morgan fingerprint density at radius 3 is 2.73 bits per heavy atom. The van der Waals surface area contributed by atoms with Crippen LogP contribution in [0.4, 0.5) is 0 Å². The van der Waals surface area contributed by atoms with E-state index in [1.807, 2.05) is 13.0 Å². The Balaban J connectivity index is 1.47. The van der Waals surface area contributed by atoms with Gasteiger partial charge in [0.05, 0.1) is 5.25 Å². The molecule has 7 heteroatoms. The number of carbonyl (C=O) groups is 1. The fourth-order valence-electron chi connectivity index (χ4n) is 3.82. The summed E-state index contributed by atoms with van der Waals surface area (Å²) in [5.41, 5.74) is 1.29. The van der Waals surface area contributed by atoms with Crippen molar-refractivity contribution in [3.05, 3.63) is 64.1 Å². The number of aryl methyl sites for hydroxylation is 1. The Labute approximate surface area is 186 Å². The van der Waals surface area contributed by atoms with Crippen molar-refractivity contribution in [1.82, 2.24) is 20.1 Å². The Kier molecular flexibility index (Phi) is 7.23. The molecule has 1 aromatic carbocycles. The molecule has 1 unspecified atom stereocenters. The summed E-state index contributed by atoms with van der Waals surface area (Å²) in [4.78, 5) is 13.9. The van der Waals surface area contributed by atoms with Crippen molar-refractivity contribution < 1.29 is 4.79 Å². The summed E-state index contributed by atoms with van der Waals surface area (Å²) in [5, 5.41) is 14.9. The van der Waals surface area contributed by atoms with E-state index in [-0.39, 0.29) is 11.2 Å². The normalized spacial score (nSPS) is 15.4. The van der Waals surface area contributed by atoms with Crippen molar-refractivity contribution in [2.75, 3.05) is 0 Å². The van der Waals surface area contributed by atoms with Gasteiger partial charge < -0.3 is 9.88 Å². The minimum atomic E-state index is -0.195. The second-order valence-electron chi connectivity index (χ2n) is 7.79. The number of hydrogen-bond donors (Lipinski definition) is 1. The summed E-state index contributed by atoms with van der Waals surface area (Å²) in [5.74, 6) is 1.06. The van der Waals surface area contributed by atoms with Crippen molar-refractivity contribution in [3.63, 3.8) is 0 Å². The van der Waals surface area contributed by atoms with Crippen LogP contribution in [0.3, 0.4) is 0 Å². The number of amides is 1. The molecular weight excluding hydrogens is 412 g/mol. The van der Waals surface area contributed by atoms with Crippen molar-refractivity contribution in [3.8, 4) is 0 Å². The van der Waals surface area contributed by atoms with Gasteiger partial charge in [0.25, 0.3) is 0 Å². The topological polar surface area (TPSA) is 59.8 Å². The zero-order valence-electron chi connectivity index (χ0n) is 17.3. The molecule has 1 aliphatic carbocycles. The fraction of sp³-hybridized carbons (Fsp3) is 0.435. The van der Waals surface area contributed by atoms with Gasteiger partial charge in [0.1, 0.15) is 5.82 Å². The van der Waals surface area contributed by atoms with E-state index in [1.54, 1.807) is 11.3 Å². The first-order valence-corrected chi connectivity index (χ1v) is 12.4. The maximum atomic E-state index is 12.7. The van der Waals surface area contributed by atoms with Gasteiger partial charge in [-0.2, -0.15) is 0 Å². The van der Waals surface area contributed by atoms with E-state index in [0.717, 1.165) is 43.2 Å². The van der Waals surface area contributed by atoms with Crippen LogP contribution >= 0.6 is 23.1 Å². The molecule has 30 heavy (non-hydrogen) atoms. The average molecular weight is 441 g/mol. The van der Waals surface area contributed by atoms with Crippen LogP contribution in [-0.2, 0) is 24.2 Å². The summed E-state index contributed by atoms with van der Waals surface area (Å²) in [6.45, 7) is 2.77. The van der Waals surface area contributed by atoms with Gasteiger partial charge in [-0.25, -0.2) is 0 Å². The number of aromatic nitrogens is 3. The van der Waals surface area contributed by atoms with E-state index < -0.39 is 0 Å². The largest absolute Gasteiger partial charge is 0.352 e. The molecule has 0 radical (unpaired) electrons. The summed E-state index contributed by atoms with van der Waals surface area (Å²) in [6, 6.07) is 15.0. The molecule has 0 spiro atoms. The van der Waals surface area contributed by atoms with Crippen molar-refractivity contribution in [2.24, 2.45) is 0 Å². The standard InChI is InChI=1S/C23H28N4OS2/c1-17(22(28)24-19-10-5-6-11-19)30-23-26-25-21(16-20-12-7-15-29-20)27(23)14-13-18-8-3-2-4-9-18/h2-4,7-9,12,15,17,19H,5-6,10-11,13-14,16H2,1H3,(H,24,28). The average Bonchev–Trinajstić information content (AvgIpc) is 3.52. The van der Waals surface area contributed by atoms with Gasteiger partial charge in [-0.05, 0) is 43.2 Å². The van der Waals surface area contributed by atoms with Crippen molar-refractivity contribution in [1.29, 1.82) is 0 Å². The molecule has 3 aromatic rings. The Morgan fingerprint density at radius 1 is 1.20 bits per heavy atom. The number of carbonyl (C=O) groups excluding carboxylic acids is 1. The second-order valence-corrected chi connectivity index (χ2v) is 10.1. The SMILES string of the molecule is CC(Sc1nnc(Cc2cccs2)n1CCc1ccccc1)C(=O)NC1CCCC1. The minimum absolute atomic E-state index is 0.101. The molecule has 1 saturated carbocycles. The van der Waals surface area contributed by atoms with Crippen LogP contribution in [0.2, 0.25) is 0 Å². The van der Waals surface area contributed by atoms with Gasteiger partial charge in [0.2, 0.25) is 5.91 Å². The fourth-order valence-corrected chi connectivity index (χ4v) is 5.42. The third-order valence-electron chi connectivity index (χ3n) is 5.53. The van der Waals surface area contributed by atoms with Gasteiger partial charge in [0.15, 0.2) is 5.16 Å². The number of benzene rings is 1. The Bertz CT molecular complexity index is 934. The molecule has 158 valence electrons. The lowest BCUT2D eigenvalue weighted by molar-refractivity contribution is -0.120. The molecule has 0 saturated heterocycles. The molecular formula is C23H28N4OS2. The summed E-state index contributed by atoms with van der Waals surface area (Å²) in [6.07, 6.45) is 6.30. The van der Waals surface area contributed by atoms with Crippen LogP contribution in [0.1, 0.15) is 48.9 Å². The van der Waals surface area contributed by atoms with Crippen LogP contribution in [-0.4, -0.2) is 32.0 Å². The van der Waals surface area contributed by atoms with E-state index in [2.05, 4.69) is 61.9 Å². The van der Waals surface area contributed by atoms with E-state index in [9.17, 15) is 4.79 Å². The lowest BCUT2D eigenvalue weighted by Crippen LogP contribution is -2.37. The van der Waals surface area contributed by atoms with Crippen LogP contribution in [0, 0.1) is 0 Å². The number of thioether (sulfide) groups is 1. The number of hydrogen-bond acceptors (Lipinski definition) is 5. The highest BCUT2D eigenvalue weighted by molar-refractivity contribution is 8.00. The molecule has 2 heterocycles. The smallest absolute Gasteiger partial charge is 0.233 e. The molecule has 1 amide bonds. The van der Waals surface area contributed by atoms with Crippen LogP contribution < -0.4 is 5.32 Å². The summed E-state index contributed by atoms with van der Waals surface area (Å²) >= 11 is 3.25. The highest BCUT2D eigenvalue weighted by atomic mass is 32.2. The molecule has 1 aliphatic rings. The molecule has 0 bridgehead atoms. The third-order valence-corrected chi connectivity index (χ3v) is 7.48. The highest BCUT2D eigenvalue weighted by Gasteiger charge is 2.24. The maximum absolute atomic E-state index is 12.7. The van der Waals surface area contributed by atoms with E-state index >= 15 is 0 Å².